The largest absolute Gasteiger partial charge is 0.456 e. The average Bonchev–Trinajstić information content (AvgIpc) is 2.35. The molecule has 92 valence electrons. The predicted molar refractivity (Wildman–Crippen MR) is 69.3 cm³/mol. The third-order valence-electron chi connectivity index (χ3n) is 2.15. The Morgan fingerprint density at radius 1 is 1.00 bits per heavy atom. The van der Waals surface area contributed by atoms with Crippen molar-refractivity contribution in [1.82, 2.24) is 0 Å². The van der Waals surface area contributed by atoms with Crippen LogP contribution in [0.5, 0.6) is 17.2 Å². The van der Waals surface area contributed by atoms with Gasteiger partial charge < -0.3 is 9.47 Å². The molecule has 0 aliphatic rings. The topological polar surface area (TPSA) is 35.5 Å². The molecule has 3 nitrogen and oxygen atoms in total. The van der Waals surface area contributed by atoms with Crippen LogP contribution in [0.25, 0.3) is 0 Å². The second kappa shape index (κ2) is 5.56. The summed E-state index contributed by atoms with van der Waals surface area (Å²) in [7, 11) is 0. The smallest absolute Gasteiger partial charge is 0.308 e. The molecule has 2 aromatic carbocycles. The van der Waals surface area contributed by atoms with Crippen molar-refractivity contribution in [2.75, 3.05) is 0 Å². The Kier molecular flexibility index (Phi) is 3.85. The minimum atomic E-state index is -0.422. The molecule has 4 heteroatoms. The Labute approximate surface area is 110 Å². The van der Waals surface area contributed by atoms with E-state index >= 15 is 0 Å². The predicted octanol–water partition coefficient (Wildman–Crippen LogP) is 4.06. The van der Waals surface area contributed by atoms with Crippen LogP contribution < -0.4 is 9.47 Å². The molecule has 0 aliphatic heterocycles. The Balaban J connectivity index is 2.26. The summed E-state index contributed by atoms with van der Waals surface area (Å²) in [6.45, 7) is 1.32. The van der Waals surface area contributed by atoms with Gasteiger partial charge in [0, 0.05) is 6.92 Å². The van der Waals surface area contributed by atoms with Crippen LogP contribution in [0.1, 0.15) is 6.92 Å². The van der Waals surface area contributed by atoms with Crippen molar-refractivity contribution in [2.45, 2.75) is 6.92 Å². The molecule has 0 aliphatic carbocycles. The quantitative estimate of drug-likeness (QED) is 0.618. The standard InChI is InChI=1S/C14H11ClO3/c1-10(16)17-12-8-5-9-13(14(12)15)18-11-6-3-2-4-7-11/h2-9H,1H3. The van der Waals surface area contributed by atoms with Crippen molar-refractivity contribution in [2.24, 2.45) is 0 Å². The lowest BCUT2D eigenvalue weighted by Gasteiger charge is -2.10. The van der Waals surface area contributed by atoms with Crippen molar-refractivity contribution < 1.29 is 14.3 Å². The van der Waals surface area contributed by atoms with Gasteiger partial charge in [0.25, 0.3) is 0 Å². The number of carbonyl (C=O) groups excluding carboxylic acids is 1. The number of hydrogen-bond acceptors (Lipinski definition) is 3. The van der Waals surface area contributed by atoms with Crippen LogP contribution in [0.15, 0.2) is 48.5 Å². The van der Waals surface area contributed by atoms with Crippen molar-refractivity contribution in [3.8, 4) is 17.2 Å². The van der Waals surface area contributed by atoms with E-state index in [9.17, 15) is 4.79 Å². The Morgan fingerprint density at radius 3 is 2.33 bits per heavy atom. The van der Waals surface area contributed by atoms with E-state index in [2.05, 4.69) is 0 Å². The summed E-state index contributed by atoms with van der Waals surface area (Å²) in [4.78, 5) is 10.9. The van der Waals surface area contributed by atoms with Gasteiger partial charge in [0.2, 0.25) is 0 Å². The molecular formula is C14H11ClO3. The van der Waals surface area contributed by atoms with Gasteiger partial charge in [-0.3, -0.25) is 4.79 Å². The van der Waals surface area contributed by atoms with Crippen LogP contribution in [0.3, 0.4) is 0 Å². The fraction of sp³-hybridized carbons (Fsp3) is 0.0714. The van der Waals surface area contributed by atoms with E-state index in [4.69, 9.17) is 21.1 Å². The van der Waals surface area contributed by atoms with Gasteiger partial charge in [-0.2, -0.15) is 0 Å². The average molecular weight is 263 g/mol. The first kappa shape index (κ1) is 12.5. The first-order valence-electron chi connectivity index (χ1n) is 5.36. The van der Waals surface area contributed by atoms with Crippen molar-refractivity contribution in [3.05, 3.63) is 53.6 Å². The molecule has 0 fully saturated rings. The maximum atomic E-state index is 10.9. The number of benzene rings is 2. The normalized spacial score (nSPS) is 9.89. The number of carbonyl (C=O) groups is 1. The summed E-state index contributed by atoms with van der Waals surface area (Å²) in [5, 5.41) is 0.275. The second-order valence-corrected chi connectivity index (χ2v) is 3.95. The van der Waals surface area contributed by atoms with Gasteiger partial charge in [-0.05, 0) is 24.3 Å². The zero-order chi connectivity index (χ0) is 13.0. The molecule has 18 heavy (non-hydrogen) atoms. The van der Waals surface area contributed by atoms with E-state index < -0.39 is 5.97 Å². The van der Waals surface area contributed by atoms with Gasteiger partial charge in [0.15, 0.2) is 5.75 Å². The van der Waals surface area contributed by atoms with Crippen LogP contribution in [0.4, 0.5) is 0 Å². The van der Waals surface area contributed by atoms with Gasteiger partial charge in [-0.1, -0.05) is 35.9 Å². The highest BCUT2D eigenvalue weighted by Gasteiger charge is 2.10. The monoisotopic (exact) mass is 262 g/mol. The number of esters is 1. The first-order chi connectivity index (χ1) is 8.66. The molecule has 0 N–H and O–H groups in total. The molecule has 0 heterocycles. The molecule has 0 amide bonds. The molecule has 0 bridgehead atoms. The van der Waals surface area contributed by atoms with Gasteiger partial charge in [0.1, 0.15) is 16.5 Å². The summed E-state index contributed by atoms with van der Waals surface area (Å²) < 4.78 is 10.6. The second-order valence-electron chi connectivity index (χ2n) is 3.58. The zero-order valence-electron chi connectivity index (χ0n) is 9.72. The van der Waals surface area contributed by atoms with E-state index in [0.717, 1.165) is 0 Å². The number of ether oxygens (including phenoxy) is 2. The molecule has 2 rings (SSSR count). The number of halogens is 1. The third-order valence-corrected chi connectivity index (χ3v) is 2.53. The summed E-state index contributed by atoms with van der Waals surface area (Å²) in [5.74, 6) is 0.979. The van der Waals surface area contributed by atoms with Crippen molar-refractivity contribution >= 4 is 17.6 Å². The number of hydrogen-bond donors (Lipinski definition) is 0. The molecule has 0 spiro atoms. The van der Waals surface area contributed by atoms with Crippen LogP contribution in [0.2, 0.25) is 5.02 Å². The van der Waals surface area contributed by atoms with E-state index in [1.807, 2.05) is 30.3 Å². The van der Waals surface area contributed by atoms with Crippen LogP contribution in [0, 0.1) is 0 Å². The van der Waals surface area contributed by atoms with Crippen molar-refractivity contribution in [1.29, 1.82) is 0 Å². The lowest BCUT2D eigenvalue weighted by molar-refractivity contribution is -0.131. The van der Waals surface area contributed by atoms with Crippen LogP contribution in [-0.4, -0.2) is 5.97 Å². The van der Waals surface area contributed by atoms with E-state index in [1.54, 1.807) is 18.2 Å². The highest BCUT2D eigenvalue weighted by molar-refractivity contribution is 6.33. The first-order valence-corrected chi connectivity index (χ1v) is 5.74. The van der Waals surface area contributed by atoms with Gasteiger partial charge >= 0.3 is 5.97 Å². The highest BCUT2D eigenvalue weighted by atomic mass is 35.5. The van der Waals surface area contributed by atoms with Gasteiger partial charge in [-0.25, -0.2) is 0 Å². The van der Waals surface area contributed by atoms with Crippen LogP contribution in [-0.2, 0) is 4.79 Å². The van der Waals surface area contributed by atoms with E-state index in [-0.39, 0.29) is 10.8 Å². The molecule has 2 aromatic rings. The maximum Gasteiger partial charge on any atom is 0.308 e. The van der Waals surface area contributed by atoms with Gasteiger partial charge in [0.05, 0.1) is 0 Å². The Morgan fingerprint density at radius 2 is 1.67 bits per heavy atom. The van der Waals surface area contributed by atoms with Crippen LogP contribution >= 0.6 is 11.6 Å². The zero-order valence-corrected chi connectivity index (χ0v) is 10.5. The molecule has 0 aromatic heterocycles. The van der Waals surface area contributed by atoms with Gasteiger partial charge in [-0.15, -0.1) is 0 Å². The third kappa shape index (κ3) is 3.02. The van der Waals surface area contributed by atoms with E-state index in [1.165, 1.54) is 6.92 Å². The van der Waals surface area contributed by atoms with Crippen molar-refractivity contribution in [3.63, 3.8) is 0 Å². The Hall–Kier alpha value is -2.00. The molecular weight excluding hydrogens is 252 g/mol. The summed E-state index contributed by atoms with van der Waals surface area (Å²) in [6.07, 6.45) is 0. The number of para-hydroxylation sites is 1. The lowest BCUT2D eigenvalue weighted by Crippen LogP contribution is -2.02. The van der Waals surface area contributed by atoms with E-state index in [0.29, 0.717) is 11.5 Å². The molecule has 0 saturated heterocycles. The fourth-order valence-electron chi connectivity index (χ4n) is 1.42. The molecule has 0 unspecified atom stereocenters. The molecule has 0 saturated carbocycles. The summed E-state index contributed by atoms with van der Waals surface area (Å²) in [6, 6.07) is 14.3. The molecule has 0 radical (unpaired) electrons. The summed E-state index contributed by atoms with van der Waals surface area (Å²) in [5.41, 5.74) is 0. The lowest BCUT2D eigenvalue weighted by atomic mass is 10.3. The minimum absolute atomic E-state index is 0.275. The summed E-state index contributed by atoms with van der Waals surface area (Å²) >= 11 is 6.10. The fourth-order valence-corrected chi connectivity index (χ4v) is 1.62. The molecule has 0 atom stereocenters. The minimum Gasteiger partial charge on any atom is -0.456 e. The highest BCUT2D eigenvalue weighted by Crippen LogP contribution is 2.36. The SMILES string of the molecule is CC(=O)Oc1cccc(Oc2ccccc2)c1Cl. The maximum absolute atomic E-state index is 10.9. The number of rotatable bonds is 3. The Bertz CT molecular complexity index is 552.